The molecule has 0 bridgehead atoms. The van der Waals surface area contributed by atoms with Crippen molar-refractivity contribution in [3.63, 3.8) is 0 Å². The third kappa shape index (κ3) is 4.11. The second-order valence-corrected chi connectivity index (χ2v) is 5.04. The van der Waals surface area contributed by atoms with Crippen molar-refractivity contribution in [2.75, 3.05) is 0 Å². The minimum Gasteiger partial charge on any atom is -0.264 e. The largest absolute Gasteiger partial charge is 0.264 e. The van der Waals surface area contributed by atoms with Crippen LogP contribution in [0.4, 0.5) is 0 Å². The summed E-state index contributed by atoms with van der Waals surface area (Å²) in [6.45, 7) is 0. The van der Waals surface area contributed by atoms with E-state index in [2.05, 4.69) is 15.0 Å². The molecule has 4 aromatic rings. The molecule has 0 N–H and O–H groups in total. The first kappa shape index (κ1) is 15.6. The summed E-state index contributed by atoms with van der Waals surface area (Å²) < 4.78 is 0. The normalized spacial score (nSPS) is 9.67. The van der Waals surface area contributed by atoms with E-state index in [1.807, 2.05) is 85.2 Å². The standard InChI is InChI=1S/C15H11N3.C6H6/c1-4-12(10-16-7-1)14-6-3-9-18-15(14)13-5-2-8-17-11-13;1-2-4-6-5-3-1/h1-11H;1-6H. The highest BCUT2D eigenvalue weighted by molar-refractivity contribution is 5.79. The summed E-state index contributed by atoms with van der Waals surface area (Å²) in [4.78, 5) is 12.8. The molecule has 0 saturated heterocycles. The highest BCUT2D eigenvalue weighted by Crippen LogP contribution is 2.28. The van der Waals surface area contributed by atoms with Gasteiger partial charge in [-0.05, 0) is 24.3 Å². The van der Waals surface area contributed by atoms with E-state index in [9.17, 15) is 0 Å². The van der Waals surface area contributed by atoms with E-state index in [0.717, 1.165) is 22.4 Å². The van der Waals surface area contributed by atoms with Crippen molar-refractivity contribution in [3.05, 3.63) is 104 Å². The molecule has 3 heteroatoms. The Bertz CT molecular complexity index is 762. The summed E-state index contributed by atoms with van der Waals surface area (Å²) in [6, 6.07) is 23.9. The third-order valence-corrected chi connectivity index (χ3v) is 3.38. The predicted molar refractivity (Wildman–Crippen MR) is 97.1 cm³/mol. The molecule has 0 unspecified atom stereocenters. The van der Waals surface area contributed by atoms with Gasteiger partial charge in [-0.25, -0.2) is 0 Å². The molecule has 116 valence electrons. The van der Waals surface area contributed by atoms with Crippen LogP contribution in [-0.2, 0) is 0 Å². The van der Waals surface area contributed by atoms with Crippen LogP contribution in [0.2, 0.25) is 0 Å². The lowest BCUT2D eigenvalue weighted by Crippen LogP contribution is -1.89. The van der Waals surface area contributed by atoms with E-state index in [1.165, 1.54) is 0 Å². The van der Waals surface area contributed by atoms with Gasteiger partial charge in [0.05, 0.1) is 5.69 Å². The van der Waals surface area contributed by atoms with Crippen molar-refractivity contribution >= 4 is 0 Å². The molecule has 0 aliphatic rings. The first-order chi connectivity index (χ1) is 11.9. The summed E-state index contributed by atoms with van der Waals surface area (Å²) in [5, 5.41) is 0. The summed E-state index contributed by atoms with van der Waals surface area (Å²) in [6.07, 6.45) is 8.99. The van der Waals surface area contributed by atoms with Gasteiger partial charge >= 0.3 is 0 Å². The smallest absolute Gasteiger partial charge is 0.0796 e. The molecular weight excluding hydrogens is 294 g/mol. The van der Waals surface area contributed by atoms with E-state index in [0.29, 0.717) is 0 Å². The zero-order valence-electron chi connectivity index (χ0n) is 13.2. The molecule has 0 radical (unpaired) electrons. The van der Waals surface area contributed by atoms with Gasteiger partial charge in [-0.3, -0.25) is 15.0 Å². The SMILES string of the molecule is c1ccccc1.c1cncc(-c2cccnc2-c2cccnc2)c1. The zero-order chi connectivity index (χ0) is 16.5. The molecule has 3 nitrogen and oxygen atoms in total. The molecule has 0 amide bonds. The van der Waals surface area contributed by atoms with Crippen molar-refractivity contribution in [3.8, 4) is 22.4 Å². The van der Waals surface area contributed by atoms with Crippen LogP contribution in [0.15, 0.2) is 104 Å². The van der Waals surface area contributed by atoms with Gasteiger partial charge < -0.3 is 0 Å². The lowest BCUT2D eigenvalue weighted by molar-refractivity contribution is 1.27. The van der Waals surface area contributed by atoms with E-state index in [4.69, 9.17) is 0 Å². The van der Waals surface area contributed by atoms with Crippen LogP contribution in [0.1, 0.15) is 0 Å². The fourth-order valence-electron chi connectivity index (χ4n) is 2.28. The van der Waals surface area contributed by atoms with Gasteiger partial charge in [0.25, 0.3) is 0 Å². The minimum atomic E-state index is 0.929. The number of hydrogen-bond acceptors (Lipinski definition) is 3. The fourth-order valence-corrected chi connectivity index (χ4v) is 2.28. The van der Waals surface area contributed by atoms with Crippen molar-refractivity contribution in [2.24, 2.45) is 0 Å². The van der Waals surface area contributed by atoms with E-state index in [1.54, 1.807) is 18.6 Å². The Labute approximate surface area is 141 Å². The average Bonchev–Trinajstić information content (AvgIpc) is 2.71. The summed E-state index contributed by atoms with van der Waals surface area (Å²) in [5.74, 6) is 0. The van der Waals surface area contributed by atoms with E-state index < -0.39 is 0 Å². The molecule has 0 atom stereocenters. The molecule has 0 saturated carbocycles. The van der Waals surface area contributed by atoms with Gasteiger partial charge in [-0.1, -0.05) is 48.5 Å². The van der Waals surface area contributed by atoms with E-state index >= 15 is 0 Å². The Morgan fingerprint density at radius 1 is 0.500 bits per heavy atom. The molecule has 0 spiro atoms. The Kier molecular flexibility index (Phi) is 5.41. The number of nitrogens with zero attached hydrogens (tertiary/aromatic N) is 3. The van der Waals surface area contributed by atoms with Gasteiger partial charge in [-0.15, -0.1) is 0 Å². The maximum absolute atomic E-state index is 4.46. The van der Waals surface area contributed by atoms with Crippen molar-refractivity contribution < 1.29 is 0 Å². The number of hydrogen-bond donors (Lipinski definition) is 0. The quantitative estimate of drug-likeness (QED) is 0.529. The summed E-state index contributed by atoms with van der Waals surface area (Å²) >= 11 is 0. The monoisotopic (exact) mass is 311 g/mol. The average molecular weight is 311 g/mol. The minimum absolute atomic E-state index is 0.929. The highest BCUT2D eigenvalue weighted by Gasteiger charge is 2.07. The molecule has 4 rings (SSSR count). The van der Waals surface area contributed by atoms with Gasteiger partial charge in [0, 0.05) is 47.7 Å². The number of rotatable bonds is 2. The lowest BCUT2D eigenvalue weighted by atomic mass is 10.0. The second kappa shape index (κ2) is 8.34. The summed E-state index contributed by atoms with van der Waals surface area (Å²) in [5.41, 5.74) is 4.07. The van der Waals surface area contributed by atoms with Crippen LogP contribution in [-0.4, -0.2) is 15.0 Å². The number of pyridine rings is 3. The van der Waals surface area contributed by atoms with Crippen molar-refractivity contribution in [2.45, 2.75) is 0 Å². The lowest BCUT2D eigenvalue weighted by Gasteiger charge is -2.07. The topological polar surface area (TPSA) is 38.7 Å². The molecule has 1 aromatic carbocycles. The van der Waals surface area contributed by atoms with Crippen LogP contribution in [0.25, 0.3) is 22.4 Å². The summed E-state index contributed by atoms with van der Waals surface area (Å²) in [7, 11) is 0. The van der Waals surface area contributed by atoms with Crippen molar-refractivity contribution in [1.82, 2.24) is 15.0 Å². The Balaban J connectivity index is 0.000000238. The highest BCUT2D eigenvalue weighted by atomic mass is 14.7. The van der Waals surface area contributed by atoms with Crippen molar-refractivity contribution in [1.29, 1.82) is 0 Å². The third-order valence-electron chi connectivity index (χ3n) is 3.38. The molecule has 0 fully saturated rings. The maximum atomic E-state index is 4.46. The first-order valence-corrected chi connectivity index (χ1v) is 7.71. The molecule has 0 aliphatic carbocycles. The fraction of sp³-hybridized carbons (Fsp3) is 0. The van der Waals surface area contributed by atoms with E-state index in [-0.39, 0.29) is 0 Å². The van der Waals surface area contributed by atoms with Gasteiger partial charge in [0.1, 0.15) is 0 Å². The Morgan fingerprint density at radius 3 is 1.58 bits per heavy atom. The molecule has 24 heavy (non-hydrogen) atoms. The first-order valence-electron chi connectivity index (χ1n) is 7.71. The number of benzene rings is 1. The number of aromatic nitrogens is 3. The zero-order valence-corrected chi connectivity index (χ0v) is 13.2. The van der Waals surface area contributed by atoms with Crippen LogP contribution in [0.5, 0.6) is 0 Å². The predicted octanol–water partition coefficient (Wildman–Crippen LogP) is 4.89. The Morgan fingerprint density at radius 2 is 1.04 bits per heavy atom. The molecule has 3 heterocycles. The van der Waals surface area contributed by atoms with Gasteiger partial charge in [0.15, 0.2) is 0 Å². The molecular formula is C21H17N3. The second-order valence-electron chi connectivity index (χ2n) is 5.04. The van der Waals surface area contributed by atoms with Crippen LogP contribution in [0.3, 0.4) is 0 Å². The van der Waals surface area contributed by atoms with Crippen LogP contribution >= 0.6 is 0 Å². The Hall–Kier alpha value is -3.33. The van der Waals surface area contributed by atoms with Gasteiger partial charge in [0.2, 0.25) is 0 Å². The van der Waals surface area contributed by atoms with Crippen LogP contribution < -0.4 is 0 Å². The maximum Gasteiger partial charge on any atom is 0.0796 e. The van der Waals surface area contributed by atoms with Crippen LogP contribution in [0, 0.1) is 0 Å². The van der Waals surface area contributed by atoms with Gasteiger partial charge in [-0.2, -0.15) is 0 Å². The molecule has 0 aliphatic heterocycles. The molecule has 3 aromatic heterocycles.